The molecule has 1 aliphatic heterocycles. The molecule has 2 heterocycles. The van der Waals surface area contributed by atoms with E-state index in [1.807, 2.05) is 10.9 Å². The van der Waals surface area contributed by atoms with Gasteiger partial charge in [0.15, 0.2) is 0 Å². The molecule has 0 saturated carbocycles. The van der Waals surface area contributed by atoms with Gasteiger partial charge in [-0.3, -0.25) is 9.58 Å². The molecule has 0 spiro atoms. The Labute approximate surface area is 108 Å². The molecule has 1 aromatic heterocycles. The largest absolute Gasteiger partial charge is 0.384 e. The minimum atomic E-state index is 0.600. The molecule has 0 bridgehead atoms. The van der Waals surface area contributed by atoms with E-state index in [0.717, 1.165) is 38.5 Å². The third kappa shape index (κ3) is 3.76. The van der Waals surface area contributed by atoms with Gasteiger partial charge < -0.3 is 10.5 Å². The number of hydrogen-bond acceptors (Lipinski definition) is 5. The molecule has 2 rings (SSSR count). The summed E-state index contributed by atoms with van der Waals surface area (Å²) in [6.45, 7) is 5.31. The minimum absolute atomic E-state index is 0.600. The number of nitrogens with two attached hydrogens (primary N) is 1. The van der Waals surface area contributed by atoms with Crippen molar-refractivity contribution in [2.75, 3.05) is 33.4 Å². The second-order valence-electron chi connectivity index (χ2n) is 4.96. The van der Waals surface area contributed by atoms with Crippen LogP contribution in [0.4, 0.5) is 0 Å². The van der Waals surface area contributed by atoms with Crippen molar-refractivity contribution in [3.63, 3.8) is 0 Å². The first kappa shape index (κ1) is 13.5. The van der Waals surface area contributed by atoms with Gasteiger partial charge in [-0.25, -0.2) is 0 Å². The fourth-order valence-electron chi connectivity index (χ4n) is 2.55. The van der Waals surface area contributed by atoms with Gasteiger partial charge in [-0.05, 0) is 25.3 Å². The Hall–Kier alpha value is -0.980. The van der Waals surface area contributed by atoms with Crippen LogP contribution in [0.25, 0.3) is 0 Å². The summed E-state index contributed by atoms with van der Waals surface area (Å²) in [5.74, 6) is 0.655. The number of likely N-dealkylation sites (tertiary alicyclic amines) is 1. The van der Waals surface area contributed by atoms with Gasteiger partial charge in [0.1, 0.15) is 0 Å². The molecule has 1 aromatic rings. The van der Waals surface area contributed by atoms with Gasteiger partial charge in [-0.15, -0.1) is 5.10 Å². The first-order valence-corrected chi connectivity index (χ1v) is 6.62. The summed E-state index contributed by atoms with van der Waals surface area (Å²) in [5, 5.41) is 8.25. The maximum Gasteiger partial charge on any atom is 0.0967 e. The smallest absolute Gasteiger partial charge is 0.0967 e. The highest BCUT2D eigenvalue weighted by Gasteiger charge is 2.20. The average molecular weight is 253 g/mol. The molecule has 2 N–H and O–H groups in total. The highest BCUT2D eigenvalue weighted by molar-refractivity contribution is 4.93. The zero-order valence-electron chi connectivity index (χ0n) is 11.1. The van der Waals surface area contributed by atoms with Gasteiger partial charge in [0.25, 0.3) is 0 Å². The molecule has 0 radical (unpaired) electrons. The minimum Gasteiger partial charge on any atom is -0.384 e. The predicted molar refractivity (Wildman–Crippen MR) is 69.0 cm³/mol. The molecule has 102 valence electrons. The van der Waals surface area contributed by atoms with Crippen LogP contribution in [-0.4, -0.2) is 53.2 Å². The summed E-state index contributed by atoms with van der Waals surface area (Å²) in [6, 6.07) is 0. The molecule has 1 saturated heterocycles. The van der Waals surface area contributed by atoms with E-state index in [4.69, 9.17) is 10.5 Å². The van der Waals surface area contributed by atoms with E-state index in [1.54, 1.807) is 7.11 Å². The molecule has 1 fully saturated rings. The molecule has 1 unspecified atom stereocenters. The first-order valence-electron chi connectivity index (χ1n) is 6.62. The topological polar surface area (TPSA) is 69.2 Å². The Morgan fingerprint density at radius 1 is 1.56 bits per heavy atom. The van der Waals surface area contributed by atoms with Crippen LogP contribution in [0.2, 0.25) is 0 Å². The Morgan fingerprint density at radius 3 is 3.22 bits per heavy atom. The van der Waals surface area contributed by atoms with Crippen LogP contribution in [-0.2, 0) is 17.8 Å². The zero-order chi connectivity index (χ0) is 12.8. The lowest BCUT2D eigenvalue weighted by atomic mass is 9.99. The van der Waals surface area contributed by atoms with Crippen LogP contribution in [0.1, 0.15) is 18.5 Å². The van der Waals surface area contributed by atoms with Crippen LogP contribution >= 0.6 is 0 Å². The summed E-state index contributed by atoms with van der Waals surface area (Å²) < 4.78 is 7.05. The quantitative estimate of drug-likeness (QED) is 0.778. The van der Waals surface area contributed by atoms with E-state index in [2.05, 4.69) is 15.2 Å². The molecule has 1 aliphatic rings. The lowest BCUT2D eigenvalue weighted by molar-refractivity contribution is 0.0868. The standard InChI is InChI=1S/C12H23N5O/c1-18-10-11-3-2-5-16(7-11)8-12-9-17(6-4-13)15-14-12/h9,11H,2-8,10,13H2,1H3. The lowest BCUT2D eigenvalue weighted by Crippen LogP contribution is -2.36. The van der Waals surface area contributed by atoms with E-state index in [0.29, 0.717) is 12.5 Å². The molecule has 0 aliphatic carbocycles. The van der Waals surface area contributed by atoms with E-state index in [9.17, 15) is 0 Å². The van der Waals surface area contributed by atoms with Crippen molar-refractivity contribution in [2.45, 2.75) is 25.9 Å². The molecule has 1 atom stereocenters. The summed E-state index contributed by atoms with van der Waals surface area (Å²) in [4.78, 5) is 2.43. The van der Waals surface area contributed by atoms with Gasteiger partial charge in [-0.2, -0.15) is 0 Å². The molecule has 0 aromatic carbocycles. The van der Waals surface area contributed by atoms with Gasteiger partial charge >= 0.3 is 0 Å². The maximum atomic E-state index is 5.49. The van der Waals surface area contributed by atoms with Crippen LogP contribution in [0.3, 0.4) is 0 Å². The predicted octanol–water partition coefficient (Wildman–Crippen LogP) is 0.0952. The Bertz CT molecular complexity index is 352. The molecular formula is C12H23N5O. The SMILES string of the molecule is COCC1CCCN(Cc2cn(CCN)nn2)C1. The maximum absolute atomic E-state index is 5.49. The van der Waals surface area contributed by atoms with Gasteiger partial charge in [0.05, 0.1) is 18.8 Å². The van der Waals surface area contributed by atoms with Crippen LogP contribution in [0.15, 0.2) is 6.20 Å². The van der Waals surface area contributed by atoms with Gasteiger partial charge in [-0.1, -0.05) is 5.21 Å². The van der Waals surface area contributed by atoms with Crippen molar-refractivity contribution in [2.24, 2.45) is 11.7 Å². The fraction of sp³-hybridized carbons (Fsp3) is 0.833. The Kier molecular flexibility index (Phi) is 5.10. The second kappa shape index (κ2) is 6.82. The van der Waals surface area contributed by atoms with E-state index in [1.165, 1.54) is 12.8 Å². The summed E-state index contributed by atoms with van der Waals surface area (Å²) >= 11 is 0. The van der Waals surface area contributed by atoms with Crippen molar-refractivity contribution in [3.05, 3.63) is 11.9 Å². The van der Waals surface area contributed by atoms with E-state index in [-0.39, 0.29) is 0 Å². The number of nitrogens with zero attached hydrogens (tertiary/aromatic N) is 4. The number of hydrogen-bond donors (Lipinski definition) is 1. The first-order chi connectivity index (χ1) is 8.81. The highest BCUT2D eigenvalue weighted by atomic mass is 16.5. The lowest BCUT2D eigenvalue weighted by Gasteiger charge is -2.31. The zero-order valence-corrected chi connectivity index (χ0v) is 11.1. The van der Waals surface area contributed by atoms with Crippen LogP contribution in [0, 0.1) is 5.92 Å². The summed E-state index contributed by atoms with van der Waals surface area (Å²) in [7, 11) is 1.78. The number of methoxy groups -OCH3 is 1. The average Bonchev–Trinajstić information content (AvgIpc) is 2.78. The van der Waals surface area contributed by atoms with Crippen molar-refractivity contribution < 1.29 is 4.74 Å². The van der Waals surface area contributed by atoms with Crippen LogP contribution in [0.5, 0.6) is 0 Å². The Morgan fingerprint density at radius 2 is 2.44 bits per heavy atom. The number of rotatable bonds is 6. The second-order valence-corrected chi connectivity index (χ2v) is 4.96. The Balaban J connectivity index is 1.84. The number of ether oxygens (including phenoxy) is 1. The van der Waals surface area contributed by atoms with Crippen molar-refractivity contribution in [3.8, 4) is 0 Å². The molecule has 0 amide bonds. The molecule has 18 heavy (non-hydrogen) atoms. The van der Waals surface area contributed by atoms with Gasteiger partial charge in [0.2, 0.25) is 0 Å². The number of piperidine rings is 1. The molecule has 6 nitrogen and oxygen atoms in total. The van der Waals surface area contributed by atoms with E-state index < -0.39 is 0 Å². The summed E-state index contributed by atoms with van der Waals surface area (Å²) in [5.41, 5.74) is 6.52. The normalized spacial score (nSPS) is 21.3. The monoisotopic (exact) mass is 253 g/mol. The van der Waals surface area contributed by atoms with Crippen molar-refractivity contribution >= 4 is 0 Å². The highest BCUT2D eigenvalue weighted by Crippen LogP contribution is 2.18. The molecule has 6 heteroatoms. The van der Waals surface area contributed by atoms with E-state index >= 15 is 0 Å². The van der Waals surface area contributed by atoms with Crippen molar-refractivity contribution in [1.29, 1.82) is 0 Å². The fourth-order valence-corrected chi connectivity index (χ4v) is 2.55. The third-order valence-electron chi connectivity index (χ3n) is 3.34. The summed E-state index contributed by atoms with van der Waals surface area (Å²) in [6.07, 6.45) is 4.50. The number of aromatic nitrogens is 3. The van der Waals surface area contributed by atoms with Gasteiger partial charge in [0, 0.05) is 32.9 Å². The molecular weight excluding hydrogens is 230 g/mol. The third-order valence-corrected chi connectivity index (χ3v) is 3.34. The van der Waals surface area contributed by atoms with Crippen molar-refractivity contribution in [1.82, 2.24) is 19.9 Å². The van der Waals surface area contributed by atoms with Crippen LogP contribution < -0.4 is 5.73 Å².